The molecule has 0 aromatic heterocycles. The highest BCUT2D eigenvalue weighted by Gasteiger charge is 2.52. The summed E-state index contributed by atoms with van der Waals surface area (Å²) < 4.78 is 0. The van der Waals surface area contributed by atoms with Gasteiger partial charge in [-0.15, -0.1) is 0 Å². The Kier molecular flexibility index (Phi) is 3.26. The number of Topliss-reactive ketones (excluding diaryl/α,β-unsaturated/α-hetero) is 1. The zero-order valence-electron chi connectivity index (χ0n) is 15.2. The number of ketones is 1. The van der Waals surface area contributed by atoms with Crippen LogP contribution in [-0.2, 0) is 16.6 Å². The first kappa shape index (κ1) is 15.4. The lowest BCUT2D eigenvalue weighted by atomic mass is 9.62. The maximum Gasteiger partial charge on any atom is 0.138 e. The Balaban J connectivity index is 1.74. The Morgan fingerprint density at radius 2 is 2.12 bits per heavy atom. The molecule has 25 heavy (non-hydrogen) atoms. The summed E-state index contributed by atoms with van der Waals surface area (Å²) in [6, 6.07) is 11.5. The first-order valence-electron chi connectivity index (χ1n) is 9.87. The lowest BCUT2D eigenvalue weighted by molar-refractivity contribution is -0.120. The van der Waals surface area contributed by atoms with Crippen LogP contribution in [0.1, 0.15) is 62.1 Å². The molecule has 1 fully saturated rings. The second-order valence-electron chi connectivity index (χ2n) is 8.63. The van der Waals surface area contributed by atoms with E-state index in [0.29, 0.717) is 30.0 Å². The minimum Gasteiger partial charge on any atom is -0.299 e. The van der Waals surface area contributed by atoms with E-state index in [0.717, 1.165) is 12.8 Å². The average Bonchev–Trinajstić information content (AvgIpc) is 3.20. The fourth-order valence-corrected chi connectivity index (χ4v) is 5.84. The molecule has 1 nitrogen and oxygen atoms in total. The van der Waals surface area contributed by atoms with E-state index in [1.807, 2.05) is 0 Å². The lowest BCUT2D eigenvalue weighted by Crippen LogP contribution is -2.38. The van der Waals surface area contributed by atoms with Gasteiger partial charge in [-0.25, -0.2) is 0 Å². The average molecular weight is 330 g/mol. The zero-order chi connectivity index (χ0) is 17.2. The van der Waals surface area contributed by atoms with Gasteiger partial charge in [0, 0.05) is 18.3 Å². The number of fused-ring (bicyclic) bond motifs is 6. The van der Waals surface area contributed by atoms with E-state index in [1.165, 1.54) is 40.3 Å². The molecule has 0 radical (unpaired) electrons. The maximum atomic E-state index is 12.7. The molecule has 128 valence electrons. The van der Waals surface area contributed by atoms with E-state index < -0.39 is 0 Å². The second-order valence-corrected chi connectivity index (χ2v) is 8.63. The zero-order valence-corrected chi connectivity index (χ0v) is 15.2. The van der Waals surface area contributed by atoms with Gasteiger partial charge in [0.15, 0.2) is 0 Å². The van der Waals surface area contributed by atoms with E-state index >= 15 is 0 Å². The number of allylic oxidation sites excluding steroid dienone is 2. The molecule has 0 amide bonds. The topological polar surface area (TPSA) is 17.1 Å². The number of hydrogen-bond acceptors (Lipinski definition) is 1. The van der Waals surface area contributed by atoms with Crippen molar-refractivity contribution in [2.45, 2.75) is 57.3 Å². The lowest BCUT2D eigenvalue weighted by Gasteiger charge is -2.40. The normalized spacial score (nSPS) is 31.0. The summed E-state index contributed by atoms with van der Waals surface area (Å²) in [5, 5.41) is 2.72. The molecule has 3 aliphatic rings. The van der Waals surface area contributed by atoms with Crippen molar-refractivity contribution in [2.75, 3.05) is 0 Å². The number of benzene rings is 2. The molecule has 4 unspecified atom stereocenters. The molecule has 5 rings (SSSR count). The molecule has 1 spiro atoms. The smallest absolute Gasteiger partial charge is 0.138 e. The van der Waals surface area contributed by atoms with Crippen molar-refractivity contribution in [3.05, 3.63) is 59.2 Å². The third-order valence-corrected chi connectivity index (χ3v) is 7.23. The van der Waals surface area contributed by atoms with Gasteiger partial charge in [0.2, 0.25) is 0 Å². The van der Waals surface area contributed by atoms with Crippen molar-refractivity contribution in [2.24, 2.45) is 11.8 Å². The molecular formula is C24H26O. The Morgan fingerprint density at radius 3 is 2.84 bits per heavy atom. The Labute approximate surface area is 150 Å². The van der Waals surface area contributed by atoms with Crippen molar-refractivity contribution >= 4 is 16.6 Å². The van der Waals surface area contributed by atoms with Crippen molar-refractivity contribution in [3.8, 4) is 0 Å². The summed E-state index contributed by atoms with van der Waals surface area (Å²) >= 11 is 0. The number of carbonyl (C=O) groups is 1. The molecule has 2 bridgehead atoms. The van der Waals surface area contributed by atoms with Crippen molar-refractivity contribution in [1.82, 2.24) is 0 Å². The van der Waals surface area contributed by atoms with Crippen LogP contribution in [0, 0.1) is 11.8 Å². The third kappa shape index (κ3) is 2.11. The van der Waals surface area contributed by atoms with Crippen molar-refractivity contribution in [1.29, 1.82) is 0 Å². The van der Waals surface area contributed by atoms with Crippen LogP contribution in [0.2, 0.25) is 0 Å². The van der Waals surface area contributed by atoms with Crippen LogP contribution in [0.4, 0.5) is 0 Å². The Hall–Kier alpha value is -1.89. The van der Waals surface area contributed by atoms with Gasteiger partial charge in [0.25, 0.3) is 0 Å². The van der Waals surface area contributed by atoms with Gasteiger partial charge < -0.3 is 0 Å². The first-order chi connectivity index (χ1) is 12.1. The highest BCUT2D eigenvalue weighted by molar-refractivity contribution is 5.92. The van der Waals surface area contributed by atoms with E-state index in [9.17, 15) is 4.79 Å². The number of carbonyl (C=O) groups excluding carboxylic acids is 1. The molecule has 4 atom stereocenters. The van der Waals surface area contributed by atoms with E-state index in [1.54, 1.807) is 0 Å². The standard InChI is InChI=1S/C24H26O/c1-3-15(2)21-6-4-5-17-12-23-18(11-22(17)21)10-20(25)14-24(23)13-16-7-8-19(24)9-16/h4-8,11-12,15-16,19H,3,9-10,13-14H2,1-2H3. The minimum absolute atomic E-state index is 0.0879. The minimum atomic E-state index is 0.0879. The van der Waals surface area contributed by atoms with Gasteiger partial charge in [0.05, 0.1) is 0 Å². The molecule has 2 aromatic rings. The SMILES string of the molecule is CCC(C)c1cccc2cc3c(cc12)CC(=O)CC31CC2C=CC1C2. The molecular weight excluding hydrogens is 304 g/mol. The number of hydrogen-bond donors (Lipinski definition) is 0. The van der Waals surface area contributed by atoms with Gasteiger partial charge in [-0.2, -0.15) is 0 Å². The van der Waals surface area contributed by atoms with E-state index in [2.05, 4.69) is 56.3 Å². The molecule has 1 saturated carbocycles. The summed E-state index contributed by atoms with van der Waals surface area (Å²) in [5.74, 6) is 2.25. The predicted molar refractivity (Wildman–Crippen MR) is 103 cm³/mol. The van der Waals surface area contributed by atoms with E-state index in [-0.39, 0.29) is 5.41 Å². The van der Waals surface area contributed by atoms with Crippen LogP contribution >= 0.6 is 0 Å². The molecule has 1 heteroatoms. The van der Waals surface area contributed by atoms with Crippen LogP contribution in [-0.4, -0.2) is 5.78 Å². The van der Waals surface area contributed by atoms with Gasteiger partial charge in [0.1, 0.15) is 5.78 Å². The predicted octanol–water partition coefficient (Wildman–Crippen LogP) is 5.70. The van der Waals surface area contributed by atoms with Gasteiger partial charge in [-0.3, -0.25) is 4.79 Å². The van der Waals surface area contributed by atoms with Crippen molar-refractivity contribution in [3.63, 3.8) is 0 Å². The Bertz CT molecular complexity index is 906. The van der Waals surface area contributed by atoms with E-state index in [4.69, 9.17) is 0 Å². The van der Waals surface area contributed by atoms with Crippen molar-refractivity contribution < 1.29 is 4.79 Å². The first-order valence-corrected chi connectivity index (χ1v) is 9.87. The van der Waals surface area contributed by atoms with Crippen LogP contribution in [0.25, 0.3) is 10.8 Å². The largest absolute Gasteiger partial charge is 0.299 e. The van der Waals surface area contributed by atoms with Crippen LogP contribution in [0.3, 0.4) is 0 Å². The monoisotopic (exact) mass is 330 g/mol. The maximum absolute atomic E-state index is 12.7. The quantitative estimate of drug-likeness (QED) is 0.645. The molecule has 2 aromatic carbocycles. The summed E-state index contributed by atoms with van der Waals surface area (Å²) in [6.07, 6.45) is 9.73. The fraction of sp³-hybridized carbons (Fsp3) is 0.458. The van der Waals surface area contributed by atoms with Crippen LogP contribution < -0.4 is 0 Å². The molecule has 0 saturated heterocycles. The molecule has 0 N–H and O–H groups in total. The van der Waals surface area contributed by atoms with Gasteiger partial charge >= 0.3 is 0 Å². The molecule has 3 aliphatic carbocycles. The summed E-state index contributed by atoms with van der Waals surface area (Å²) in [7, 11) is 0. The molecule has 0 heterocycles. The highest BCUT2D eigenvalue weighted by atomic mass is 16.1. The third-order valence-electron chi connectivity index (χ3n) is 7.23. The fourth-order valence-electron chi connectivity index (χ4n) is 5.84. The van der Waals surface area contributed by atoms with Crippen LogP contribution in [0.5, 0.6) is 0 Å². The second kappa shape index (κ2) is 5.30. The van der Waals surface area contributed by atoms with Gasteiger partial charge in [-0.1, -0.05) is 56.3 Å². The Morgan fingerprint density at radius 1 is 1.24 bits per heavy atom. The summed E-state index contributed by atoms with van der Waals surface area (Å²) in [4.78, 5) is 12.7. The molecule has 0 aliphatic heterocycles. The highest BCUT2D eigenvalue weighted by Crippen LogP contribution is 2.58. The summed E-state index contributed by atoms with van der Waals surface area (Å²) in [6.45, 7) is 4.56. The summed E-state index contributed by atoms with van der Waals surface area (Å²) in [5.41, 5.74) is 4.31. The van der Waals surface area contributed by atoms with Gasteiger partial charge in [-0.05, 0) is 64.5 Å². The number of rotatable bonds is 2. The van der Waals surface area contributed by atoms with Crippen LogP contribution in [0.15, 0.2) is 42.5 Å².